The normalized spacial score (nSPS) is 10.6. The average molecular weight is 275 g/mol. The second-order valence-corrected chi connectivity index (χ2v) is 5.42. The van der Waals surface area contributed by atoms with Crippen molar-refractivity contribution in [2.45, 2.75) is 33.4 Å². The molecule has 0 aliphatic carbocycles. The van der Waals surface area contributed by atoms with E-state index in [0.717, 1.165) is 31.9 Å². The van der Waals surface area contributed by atoms with Crippen LogP contribution in [-0.4, -0.2) is 6.61 Å². The van der Waals surface area contributed by atoms with E-state index in [4.69, 9.17) is 4.74 Å². The molecule has 0 unspecified atom stereocenters. The van der Waals surface area contributed by atoms with Crippen LogP contribution in [0.1, 0.15) is 30.0 Å². The van der Waals surface area contributed by atoms with E-state index in [0.29, 0.717) is 0 Å². The van der Waals surface area contributed by atoms with Gasteiger partial charge in [0.2, 0.25) is 0 Å². The van der Waals surface area contributed by atoms with Crippen molar-refractivity contribution in [2.75, 3.05) is 6.61 Å². The lowest BCUT2D eigenvalue weighted by atomic mass is 10.2. The fourth-order valence-electron chi connectivity index (χ4n) is 1.87. The van der Waals surface area contributed by atoms with Crippen LogP contribution in [-0.2, 0) is 13.1 Å². The molecule has 0 saturated carbocycles. The zero-order valence-corrected chi connectivity index (χ0v) is 12.4. The molecule has 0 aliphatic heterocycles. The number of ether oxygens (including phenoxy) is 1. The predicted octanol–water partition coefficient (Wildman–Crippen LogP) is 4.14. The topological polar surface area (TPSA) is 21.3 Å². The quantitative estimate of drug-likeness (QED) is 0.820. The molecule has 3 heteroatoms. The molecule has 1 N–H and O–H groups in total. The summed E-state index contributed by atoms with van der Waals surface area (Å²) in [7, 11) is 0. The molecule has 1 aromatic heterocycles. The Labute approximate surface area is 119 Å². The summed E-state index contributed by atoms with van der Waals surface area (Å²) in [6, 6.07) is 8.31. The fraction of sp³-hybridized carbons (Fsp3) is 0.375. The van der Waals surface area contributed by atoms with Gasteiger partial charge in [-0.05, 0) is 52.9 Å². The average Bonchev–Trinajstić information content (AvgIpc) is 2.83. The highest BCUT2D eigenvalue weighted by Gasteiger charge is 2.00. The van der Waals surface area contributed by atoms with E-state index in [-0.39, 0.29) is 0 Å². The van der Waals surface area contributed by atoms with Crippen molar-refractivity contribution in [3.8, 4) is 5.75 Å². The summed E-state index contributed by atoms with van der Waals surface area (Å²) in [5, 5.41) is 7.88. The van der Waals surface area contributed by atoms with Crippen LogP contribution in [0.5, 0.6) is 5.75 Å². The molecular formula is C16H21NOS. The van der Waals surface area contributed by atoms with Gasteiger partial charge in [0.05, 0.1) is 6.61 Å². The molecule has 2 aromatic rings. The van der Waals surface area contributed by atoms with Crippen LogP contribution in [0.3, 0.4) is 0 Å². The monoisotopic (exact) mass is 275 g/mol. The predicted molar refractivity (Wildman–Crippen MR) is 81.8 cm³/mol. The second-order valence-electron chi connectivity index (χ2n) is 4.68. The number of aryl methyl sites for hydroxylation is 1. The smallest absolute Gasteiger partial charge is 0.119 e. The van der Waals surface area contributed by atoms with Gasteiger partial charge in [-0.25, -0.2) is 0 Å². The van der Waals surface area contributed by atoms with Gasteiger partial charge in [-0.3, -0.25) is 0 Å². The summed E-state index contributed by atoms with van der Waals surface area (Å²) in [5.41, 5.74) is 4.03. The van der Waals surface area contributed by atoms with Gasteiger partial charge in [0.1, 0.15) is 5.75 Å². The molecule has 102 valence electrons. The maximum atomic E-state index is 5.64. The highest BCUT2D eigenvalue weighted by Crippen LogP contribution is 2.15. The Hall–Kier alpha value is -1.32. The van der Waals surface area contributed by atoms with E-state index in [1.165, 1.54) is 16.7 Å². The molecule has 0 radical (unpaired) electrons. The van der Waals surface area contributed by atoms with E-state index in [1.54, 1.807) is 11.3 Å². The maximum absolute atomic E-state index is 5.64. The summed E-state index contributed by atoms with van der Waals surface area (Å²) in [5.74, 6) is 0.966. The molecule has 2 nitrogen and oxygen atoms in total. The Morgan fingerprint density at radius 2 is 2.11 bits per heavy atom. The summed E-state index contributed by atoms with van der Waals surface area (Å²) in [6.07, 6.45) is 1.04. The first-order valence-electron chi connectivity index (χ1n) is 6.73. The van der Waals surface area contributed by atoms with Gasteiger partial charge in [0.25, 0.3) is 0 Å². The van der Waals surface area contributed by atoms with Crippen LogP contribution in [0.2, 0.25) is 0 Å². The number of hydrogen-bond acceptors (Lipinski definition) is 3. The molecule has 0 saturated heterocycles. The zero-order chi connectivity index (χ0) is 13.5. The Balaban J connectivity index is 1.84. The third-order valence-electron chi connectivity index (χ3n) is 2.98. The molecule has 0 atom stereocenters. The van der Waals surface area contributed by atoms with Crippen LogP contribution in [0.25, 0.3) is 0 Å². The third kappa shape index (κ3) is 4.37. The van der Waals surface area contributed by atoms with E-state index in [9.17, 15) is 0 Å². The van der Waals surface area contributed by atoms with Gasteiger partial charge >= 0.3 is 0 Å². The summed E-state index contributed by atoms with van der Waals surface area (Å²) in [6.45, 7) is 6.86. The first kappa shape index (κ1) is 14.1. The molecular weight excluding hydrogens is 254 g/mol. The Morgan fingerprint density at radius 3 is 2.84 bits per heavy atom. The van der Waals surface area contributed by atoms with Crippen molar-refractivity contribution in [1.29, 1.82) is 0 Å². The lowest BCUT2D eigenvalue weighted by Gasteiger charge is -2.08. The summed E-state index contributed by atoms with van der Waals surface area (Å²) < 4.78 is 5.64. The van der Waals surface area contributed by atoms with Crippen LogP contribution in [0, 0.1) is 6.92 Å². The summed E-state index contributed by atoms with van der Waals surface area (Å²) in [4.78, 5) is 0. The van der Waals surface area contributed by atoms with E-state index < -0.39 is 0 Å². The molecule has 0 spiro atoms. The molecule has 0 amide bonds. The van der Waals surface area contributed by atoms with Gasteiger partial charge in [-0.1, -0.05) is 19.1 Å². The number of rotatable bonds is 7. The standard InChI is InChI=1S/C16H21NOS/c1-3-7-18-16-6-4-5-14(8-16)9-17-10-15-12-19-11-13(15)2/h4-6,8,11-12,17H,3,7,9-10H2,1-2H3. The minimum absolute atomic E-state index is 0.783. The molecule has 1 heterocycles. The number of nitrogens with one attached hydrogen (secondary N) is 1. The van der Waals surface area contributed by atoms with Crippen LogP contribution in [0.15, 0.2) is 35.0 Å². The van der Waals surface area contributed by atoms with Crippen molar-refractivity contribution in [2.24, 2.45) is 0 Å². The van der Waals surface area contributed by atoms with E-state index in [2.05, 4.69) is 48.1 Å². The molecule has 2 rings (SSSR count). The molecule has 1 aromatic carbocycles. The Kier molecular flexibility index (Phi) is 5.43. The van der Waals surface area contributed by atoms with Crippen LogP contribution in [0.4, 0.5) is 0 Å². The van der Waals surface area contributed by atoms with Crippen molar-refractivity contribution in [3.05, 3.63) is 51.7 Å². The zero-order valence-electron chi connectivity index (χ0n) is 11.6. The van der Waals surface area contributed by atoms with Gasteiger partial charge in [0, 0.05) is 13.1 Å². The molecule has 0 bridgehead atoms. The molecule has 0 fully saturated rings. The number of hydrogen-bond donors (Lipinski definition) is 1. The van der Waals surface area contributed by atoms with E-state index in [1.807, 2.05) is 6.07 Å². The summed E-state index contributed by atoms with van der Waals surface area (Å²) >= 11 is 1.76. The van der Waals surface area contributed by atoms with Gasteiger partial charge in [0.15, 0.2) is 0 Å². The first-order valence-corrected chi connectivity index (χ1v) is 7.68. The first-order chi connectivity index (χ1) is 9.29. The SMILES string of the molecule is CCCOc1cccc(CNCc2cscc2C)c1. The largest absolute Gasteiger partial charge is 0.494 e. The molecule has 0 aliphatic rings. The third-order valence-corrected chi connectivity index (χ3v) is 3.89. The van der Waals surface area contributed by atoms with Gasteiger partial charge in [-0.15, -0.1) is 0 Å². The minimum atomic E-state index is 0.783. The molecule has 19 heavy (non-hydrogen) atoms. The van der Waals surface area contributed by atoms with Crippen LogP contribution >= 0.6 is 11.3 Å². The maximum Gasteiger partial charge on any atom is 0.119 e. The second kappa shape index (κ2) is 7.31. The number of benzene rings is 1. The number of thiophene rings is 1. The highest BCUT2D eigenvalue weighted by atomic mass is 32.1. The van der Waals surface area contributed by atoms with Crippen molar-refractivity contribution >= 4 is 11.3 Å². The van der Waals surface area contributed by atoms with Gasteiger partial charge in [-0.2, -0.15) is 11.3 Å². The van der Waals surface area contributed by atoms with Crippen LogP contribution < -0.4 is 10.1 Å². The van der Waals surface area contributed by atoms with Crippen molar-refractivity contribution in [1.82, 2.24) is 5.32 Å². The fourth-order valence-corrected chi connectivity index (χ4v) is 2.73. The van der Waals surface area contributed by atoms with Crippen molar-refractivity contribution in [3.63, 3.8) is 0 Å². The lowest BCUT2D eigenvalue weighted by Crippen LogP contribution is -2.12. The highest BCUT2D eigenvalue weighted by molar-refractivity contribution is 7.08. The van der Waals surface area contributed by atoms with Crippen molar-refractivity contribution < 1.29 is 4.74 Å². The Bertz CT molecular complexity index is 507. The van der Waals surface area contributed by atoms with E-state index >= 15 is 0 Å². The minimum Gasteiger partial charge on any atom is -0.494 e. The van der Waals surface area contributed by atoms with Gasteiger partial charge < -0.3 is 10.1 Å². The Morgan fingerprint density at radius 1 is 1.21 bits per heavy atom. The lowest BCUT2D eigenvalue weighted by molar-refractivity contribution is 0.317.